The van der Waals surface area contributed by atoms with Crippen molar-refractivity contribution in [3.8, 4) is 0 Å². The molecular weight excluding hydrogens is 282 g/mol. The number of aromatic nitrogens is 1. The number of amides is 1. The van der Waals surface area contributed by atoms with Gasteiger partial charge in [-0.1, -0.05) is 17.7 Å². The summed E-state index contributed by atoms with van der Waals surface area (Å²) in [5.41, 5.74) is -0.124. The molecule has 0 aliphatic rings. The van der Waals surface area contributed by atoms with Crippen molar-refractivity contribution in [1.82, 2.24) is 4.98 Å². The maximum absolute atomic E-state index is 12.3. The Labute approximate surface area is 119 Å². The first-order valence-electron chi connectivity index (χ1n) is 5.63. The number of non-ortho nitro benzene ring substituents is 1. The van der Waals surface area contributed by atoms with E-state index in [-0.39, 0.29) is 16.3 Å². The molecule has 0 spiro atoms. The van der Waals surface area contributed by atoms with E-state index in [4.69, 9.17) is 11.6 Å². The summed E-state index contributed by atoms with van der Waals surface area (Å²) in [6.07, 6.45) is 1.55. The molecule has 0 N–H and O–H groups in total. The monoisotopic (exact) mass is 291 g/mol. The summed E-state index contributed by atoms with van der Waals surface area (Å²) < 4.78 is 0. The zero-order valence-electron chi connectivity index (χ0n) is 10.5. The zero-order chi connectivity index (χ0) is 14.7. The van der Waals surface area contributed by atoms with Crippen molar-refractivity contribution < 1.29 is 9.72 Å². The number of hydrogen-bond donors (Lipinski definition) is 0. The molecule has 1 aromatic carbocycles. The summed E-state index contributed by atoms with van der Waals surface area (Å²) in [4.78, 5) is 27.8. The number of benzene rings is 1. The molecule has 2 aromatic rings. The molecule has 0 bridgehead atoms. The van der Waals surface area contributed by atoms with Gasteiger partial charge in [0.2, 0.25) is 0 Å². The lowest BCUT2D eigenvalue weighted by Crippen LogP contribution is -2.27. The molecule has 0 saturated heterocycles. The number of halogens is 1. The van der Waals surface area contributed by atoms with Gasteiger partial charge in [-0.05, 0) is 18.2 Å². The number of nitrogens with zero attached hydrogens (tertiary/aromatic N) is 3. The van der Waals surface area contributed by atoms with E-state index >= 15 is 0 Å². The number of anilines is 1. The standard InChI is InChI=1S/C13H10ClN3O3/c1-16(12-4-2-3-7-15-12)13(18)10-8-9(17(19)20)5-6-11(10)14/h2-8H,1H3. The summed E-state index contributed by atoms with van der Waals surface area (Å²) in [5.74, 6) is -0.0301. The molecule has 1 amide bonds. The van der Waals surface area contributed by atoms with E-state index in [1.54, 1.807) is 24.4 Å². The van der Waals surface area contributed by atoms with Crippen LogP contribution in [0.25, 0.3) is 0 Å². The summed E-state index contributed by atoms with van der Waals surface area (Å²) in [6, 6.07) is 8.86. The van der Waals surface area contributed by atoms with Gasteiger partial charge in [-0.3, -0.25) is 19.8 Å². The zero-order valence-corrected chi connectivity index (χ0v) is 11.2. The quantitative estimate of drug-likeness (QED) is 0.643. The molecule has 2 rings (SSSR count). The Bertz CT molecular complexity index is 661. The van der Waals surface area contributed by atoms with Gasteiger partial charge in [0.1, 0.15) is 5.82 Å². The van der Waals surface area contributed by atoms with Crippen LogP contribution in [0.3, 0.4) is 0 Å². The van der Waals surface area contributed by atoms with Gasteiger partial charge in [-0.15, -0.1) is 0 Å². The third kappa shape index (κ3) is 2.75. The normalized spacial score (nSPS) is 10.1. The van der Waals surface area contributed by atoms with E-state index in [1.165, 1.54) is 24.1 Å². The fraction of sp³-hybridized carbons (Fsp3) is 0.0769. The molecule has 0 saturated carbocycles. The fourth-order valence-corrected chi connectivity index (χ4v) is 1.83. The van der Waals surface area contributed by atoms with Crippen LogP contribution in [0.5, 0.6) is 0 Å². The van der Waals surface area contributed by atoms with Crippen LogP contribution in [0.15, 0.2) is 42.6 Å². The molecule has 0 radical (unpaired) electrons. The van der Waals surface area contributed by atoms with Crippen molar-refractivity contribution in [2.24, 2.45) is 0 Å². The second-order valence-corrected chi connectivity index (χ2v) is 4.38. The predicted molar refractivity (Wildman–Crippen MR) is 75.1 cm³/mol. The first-order chi connectivity index (χ1) is 9.50. The second kappa shape index (κ2) is 5.66. The Morgan fingerprint density at radius 2 is 2.10 bits per heavy atom. The van der Waals surface area contributed by atoms with E-state index in [2.05, 4.69) is 4.98 Å². The lowest BCUT2D eigenvalue weighted by molar-refractivity contribution is -0.384. The minimum absolute atomic E-state index is 0.0639. The first-order valence-corrected chi connectivity index (χ1v) is 6.01. The number of carbonyl (C=O) groups excluding carboxylic acids is 1. The van der Waals surface area contributed by atoms with Crippen LogP contribution >= 0.6 is 11.6 Å². The Morgan fingerprint density at radius 3 is 2.70 bits per heavy atom. The summed E-state index contributed by atoms with van der Waals surface area (Å²) in [5, 5.41) is 10.9. The summed E-state index contributed by atoms with van der Waals surface area (Å²) in [6.45, 7) is 0. The maximum Gasteiger partial charge on any atom is 0.270 e. The predicted octanol–water partition coefficient (Wildman–Crippen LogP) is 2.92. The Morgan fingerprint density at radius 1 is 1.35 bits per heavy atom. The van der Waals surface area contributed by atoms with E-state index in [0.29, 0.717) is 5.82 Å². The molecule has 20 heavy (non-hydrogen) atoms. The number of rotatable bonds is 3. The van der Waals surface area contributed by atoms with E-state index in [9.17, 15) is 14.9 Å². The van der Waals surface area contributed by atoms with Crippen molar-refractivity contribution in [2.75, 3.05) is 11.9 Å². The largest absolute Gasteiger partial charge is 0.296 e. The molecule has 0 aliphatic heterocycles. The third-order valence-corrected chi connectivity index (χ3v) is 3.02. The maximum atomic E-state index is 12.3. The van der Waals surface area contributed by atoms with E-state index < -0.39 is 10.8 Å². The molecule has 102 valence electrons. The Hall–Kier alpha value is -2.47. The Kier molecular flexibility index (Phi) is 3.95. The van der Waals surface area contributed by atoms with Crippen LogP contribution in [0.1, 0.15) is 10.4 Å². The molecule has 1 aromatic heterocycles. The first kappa shape index (κ1) is 14.0. The van der Waals surface area contributed by atoms with Gasteiger partial charge in [-0.25, -0.2) is 4.98 Å². The van der Waals surface area contributed by atoms with Crippen molar-refractivity contribution in [3.05, 3.63) is 63.3 Å². The highest BCUT2D eigenvalue weighted by molar-refractivity contribution is 6.34. The average molecular weight is 292 g/mol. The van der Waals surface area contributed by atoms with Gasteiger partial charge < -0.3 is 0 Å². The molecule has 1 heterocycles. The molecular formula is C13H10ClN3O3. The third-order valence-electron chi connectivity index (χ3n) is 2.69. The molecule has 6 nitrogen and oxygen atoms in total. The van der Waals surface area contributed by atoms with Crippen LogP contribution in [0.2, 0.25) is 5.02 Å². The minimum atomic E-state index is -0.576. The van der Waals surface area contributed by atoms with Crippen LogP contribution in [0, 0.1) is 10.1 Å². The number of nitro benzene ring substituents is 1. The molecule has 7 heteroatoms. The van der Waals surface area contributed by atoms with Crippen LogP contribution in [0.4, 0.5) is 11.5 Å². The van der Waals surface area contributed by atoms with Gasteiger partial charge >= 0.3 is 0 Å². The molecule has 0 aliphatic carbocycles. The fourth-order valence-electron chi connectivity index (χ4n) is 1.63. The minimum Gasteiger partial charge on any atom is -0.296 e. The van der Waals surface area contributed by atoms with Crippen molar-refractivity contribution in [2.45, 2.75) is 0 Å². The number of carbonyl (C=O) groups is 1. The van der Waals surface area contributed by atoms with Crippen molar-refractivity contribution in [1.29, 1.82) is 0 Å². The Balaban J connectivity index is 2.38. The highest BCUT2D eigenvalue weighted by Crippen LogP contribution is 2.24. The van der Waals surface area contributed by atoms with Crippen LogP contribution < -0.4 is 4.90 Å². The smallest absolute Gasteiger partial charge is 0.270 e. The van der Waals surface area contributed by atoms with Gasteiger partial charge in [0, 0.05) is 25.4 Å². The van der Waals surface area contributed by atoms with E-state index in [1.807, 2.05) is 0 Å². The van der Waals surface area contributed by atoms with Gasteiger partial charge in [-0.2, -0.15) is 0 Å². The summed E-state index contributed by atoms with van der Waals surface area (Å²) >= 11 is 5.94. The lowest BCUT2D eigenvalue weighted by atomic mass is 10.1. The van der Waals surface area contributed by atoms with Crippen LogP contribution in [-0.2, 0) is 0 Å². The summed E-state index contributed by atoms with van der Waals surface area (Å²) in [7, 11) is 1.53. The second-order valence-electron chi connectivity index (χ2n) is 3.97. The van der Waals surface area contributed by atoms with Gasteiger partial charge in [0.15, 0.2) is 0 Å². The van der Waals surface area contributed by atoms with Crippen LogP contribution in [-0.4, -0.2) is 22.9 Å². The van der Waals surface area contributed by atoms with Gasteiger partial charge in [0.25, 0.3) is 11.6 Å². The molecule has 0 atom stereocenters. The molecule has 0 fully saturated rings. The SMILES string of the molecule is CN(C(=O)c1cc([N+](=O)[O-])ccc1Cl)c1ccccn1. The number of nitro groups is 1. The van der Waals surface area contributed by atoms with Crippen molar-refractivity contribution >= 4 is 29.0 Å². The van der Waals surface area contributed by atoms with Gasteiger partial charge in [0.05, 0.1) is 15.5 Å². The highest BCUT2D eigenvalue weighted by atomic mass is 35.5. The number of pyridine rings is 1. The molecule has 0 unspecified atom stereocenters. The topological polar surface area (TPSA) is 76.3 Å². The highest BCUT2D eigenvalue weighted by Gasteiger charge is 2.20. The average Bonchev–Trinajstić information content (AvgIpc) is 2.47. The van der Waals surface area contributed by atoms with E-state index in [0.717, 1.165) is 6.07 Å². The lowest BCUT2D eigenvalue weighted by Gasteiger charge is -2.16. The number of hydrogen-bond acceptors (Lipinski definition) is 4. The van der Waals surface area contributed by atoms with Crippen molar-refractivity contribution in [3.63, 3.8) is 0 Å².